The molecule has 0 heterocycles. The molecule has 1 amide bonds. The highest BCUT2D eigenvalue weighted by atomic mass is 19.4. The number of amides is 1. The van der Waals surface area contributed by atoms with E-state index in [4.69, 9.17) is 5.11 Å². The minimum absolute atomic E-state index is 0.0371. The van der Waals surface area contributed by atoms with Crippen molar-refractivity contribution in [2.24, 2.45) is 0 Å². The van der Waals surface area contributed by atoms with E-state index in [1.807, 2.05) is 5.32 Å². The van der Waals surface area contributed by atoms with Gasteiger partial charge in [0.05, 0.1) is 5.56 Å². The maximum Gasteiger partial charge on any atom is 0.419 e. The van der Waals surface area contributed by atoms with E-state index in [0.717, 1.165) is 6.07 Å². The van der Waals surface area contributed by atoms with Gasteiger partial charge in [-0.3, -0.25) is 4.79 Å². The number of carbonyl (C=O) groups excluding carboxylic acids is 1. The lowest BCUT2D eigenvalue weighted by Crippen LogP contribution is -2.27. The normalized spacial score (nSPS) is 12.9. The average molecular weight is 265 g/mol. The third-order valence-corrected chi connectivity index (χ3v) is 2.11. The van der Waals surface area contributed by atoms with Gasteiger partial charge in [0.25, 0.3) is 0 Å². The summed E-state index contributed by atoms with van der Waals surface area (Å²) < 4.78 is 50.2. The van der Waals surface area contributed by atoms with Crippen LogP contribution in [0.3, 0.4) is 0 Å². The lowest BCUT2D eigenvalue weighted by molar-refractivity contribution is -0.142. The van der Waals surface area contributed by atoms with Crippen molar-refractivity contribution in [2.45, 2.75) is 12.2 Å². The molecule has 1 aromatic carbocycles. The summed E-state index contributed by atoms with van der Waals surface area (Å²) in [5, 5.41) is 10.6. The van der Waals surface area contributed by atoms with E-state index in [1.165, 1.54) is 0 Å². The highest BCUT2D eigenvalue weighted by molar-refractivity contribution is 5.78. The molecule has 0 radical (unpaired) electrons. The second kappa shape index (κ2) is 5.03. The van der Waals surface area contributed by atoms with Gasteiger partial charge in [-0.1, -0.05) is 6.07 Å². The summed E-state index contributed by atoms with van der Waals surface area (Å²) in [6, 6.07) is 0.0506. The molecule has 0 spiro atoms. The fourth-order valence-corrected chi connectivity index (χ4v) is 1.32. The Morgan fingerprint density at radius 1 is 1.39 bits per heavy atom. The van der Waals surface area contributed by atoms with E-state index < -0.39 is 29.6 Å². The molecule has 1 atom stereocenters. The molecule has 0 bridgehead atoms. The zero-order valence-corrected chi connectivity index (χ0v) is 8.66. The van der Waals surface area contributed by atoms with E-state index in [0.29, 0.717) is 12.1 Å². The van der Waals surface area contributed by atoms with Crippen LogP contribution in [0.15, 0.2) is 18.2 Å². The molecule has 18 heavy (non-hydrogen) atoms. The molecule has 0 fully saturated rings. The fraction of sp³-hybridized carbons (Fsp3) is 0.200. The van der Waals surface area contributed by atoms with Crippen LogP contribution in [0.2, 0.25) is 0 Å². The smallest absolute Gasteiger partial charge is 0.419 e. The van der Waals surface area contributed by atoms with Gasteiger partial charge in [-0.25, -0.2) is 9.18 Å². The number of rotatable bonds is 4. The Morgan fingerprint density at radius 3 is 2.44 bits per heavy atom. The molecule has 8 heteroatoms. The molecule has 0 aliphatic carbocycles. The maximum absolute atomic E-state index is 13.0. The SMILES string of the molecule is O=CNC(C(=O)O)c1ccc(F)c(C(F)(F)F)c1. The summed E-state index contributed by atoms with van der Waals surface area (Å²) in [6.07, 6.45) is -4.90. The van der Waals surface area contributed by atoms with E-state index in [2.05, 4.69) is 0 Å². The van der Waals surface area contributed by atoms with Crippen LogP contribution >= 0.6 is 0 Å². The van der Waals surface area contributed by atoms with Crippen LogP contribution in [-0.2, 0) is 15.8 Å². The third-order valence-electron chi connectivity index (χ3n) is 2.11. The number of benzene rings is 1. The van der Waals surface area contributed by atoms with Crippen molar-refractivity contribution in [3.05, 3.63) is 35.1 Å². The van der Waals surface area contributed by atoms with Crippen molar-refractivity contribution >= 4 is 12.4 Å². The Labute approximate surface area is 98.2 Å². The van der Waals surface area contributed by atoms with Gasteiger partial charge in [-0.05, 0) is 17.7 Å². The van der Waals surface area contributed by atoms with Crippen LogP contribution in [0.1, 0.15) is 17.2 Å². The van der Waals surface area contributed by atoms with Gasteiger partial charge >= 0.3 is 12.1 Å². The summed E-state index contributed by atoms with van der Waals surface area (Å²) in [6.45, 7) is 0. The van der Waals surface area contributed by atoms with Crippen molar-refractivity contribution in [1.82, 2.24) is 5.32 Å². The van der Waals surface area contributed by atoms with Crippen LogP contribution in [0.5, 0.6) is 0 Å². The van der Waals surface area contributed by atoms with Gasteiger partial charge in [-0.2, -0.15) is 13.2 Å². The second-order valence-electron chi connectivity index (χ2n) is 3.29. The van der Waals surface area contributed by atoms with Gasteiger partial charge in [0.15, 0.2) is 6.04 Å². The quantitative estimate of drug-likeness (QED) is 0.643. The predicted molar refractivity (Wildman–Crippen MR) is 51.0 cm³/mol. The van der Waals surface area contributed by atoms with Gasteiger partial charge < -0.3 is 10.4 Å². The fourth-order valence-electron chi connectivity index (χ4n) is 1.32. The Morgan fingerprint density at radius 2 is 2.00 bits per heavy atom. The van der Waals surface area contributed by atoms with E-state index in [-0.39, 0.29) is 12.0 Å². The van der Waals surface area contributed by atoms with E-state index >= 15 is 0 Å². The van der Waals surface area contributed by atoms with Crippen molar-refractivity contribution in [3.63, 3.8) is 0 Å². The molecule has 1 unspecified atom stereocenters. The number of halogens is 4. The largest absolute Gasteiger partial charge is 0.479 e. The molecule has 0 aliphatic rings. The first kappa shape index (κ1) is 13.9. The summed E-state index contributed by atoms with van der Waals surface area (Å²) >= 11 is 0. The summed E-state index contributed by atoms with van der Waals surface area (Å²) in [4.78, 5) is 20.9. The third kappa shape index (κ3) is 2.96. The molecule has 98 valence electrons. The predicted octanol–water partition coefficient (Wildman–Crippen LogP) is 1.72. The van der Waals surface area contributed by atoms with Crippen molar-refractivity contribution < 1.29 is 32.3 Å². The first-order valence-electron chi connectivity index (χ1n) is 4.56. The molecular weight excluding hydrogens is 258 g/mol. The molecular formula is C10H7F4NO3. The van der Waals surface area contributed by atoms with Crippen LogP contribution in [-0.4, -0.2) is 17.5 Å². The zero-order valence-electron chi connectivity index (χ0n) is 8.66. The first-order valence-corrected chi connectivity index (χ1v) is 4.56. The van der Waals surface area contributed by atoms with Crippen molar-refractivity contribution in [1.29, 1.82) is 0 Å². The van der Waals surface area contributed by atoms with Crippen LogP contribution in [0.25, 0.3) is 0 Å². The van der Waals surface area contributed by atoms with Crippen LogP contribution in [0, 0.1) is 5.82 Å². The molecule has 0 aromatic heterocycles. The number of carbonyl (C=O) groups is 2. The minimum Gasteiger partial charge on any atom is -0.479 e. The number of nitrogens with one attached hydrogen (secondary N) is 1. The number of carboxylic acids is 1. The van der Waals surface area contributed by atoms with Crippen molar-refractivity contribution in [3.8, 4) is 0 Å². The van der Waals surface area contributed by atoms with E-state index in [9.17, 15) is 27.2 Å². The molecule has 2 N–H and O–H groups in total. The molecule has 0 aliphatic heterocycles. The monoisotopic (exact) mass is 265 g/mol. The topological polar surface area (TPSA) is 66.4 Å². The molecule has 1 aromatic rings. The molecule has 0 saturated carbocycles. The Balaban J connectivity index is 3.26. The van der Waals surface area contributed by atoms with Crippen LogP contribution in [0.4, 0.5) is 17.6 Å². The number of hydrogen-bond acceptors (Lipinski definition) is 2. The van der Waals surface area contributed by atoms with Crippen LogP contribution < -0.4 is 5.32 Å². The number of alkyl halides is 3. The van der Waals surface area contributed by atoms with Gasteiger partial charge in [0.2, 0.25) is 6.41 Å². The lowest BCUT2D eigenvalue weighted by atomic mass is 10.0. The average Bonchev–Trinajstić information content (AvgIpc) is 2.25. The maximum atomic E-state index is 13.0. The number of hydrogen-bond donors (Lipinski definition) is 2. The van der Waals surface area contributed by atoms with Gasteiger partial charge in [-0.15, -0.1) is 0 Å². The number of aliphatic carboxylic acids is 1. The molecule has 1 rings (SSSR count). The highest BCUT2D eigenvalue weighted by Crippen LogP contribution is 2.33. The molecule has 4 nitrogen and oxygen atoms in total. The van der Waals surface area contributed by atoms with E-state index in [1.54, 1.807) is 0 Å². The van der Waals surface area contributed by atoms with Gasteiger partial charge in [0.1, 0.15) is 5.82 Å². The first-order chi connectivity index (χ1) is 8.27. The van der Waals surface area contributed by atoms with Gasteiger partial charge in [0, 0.05) is 0 Å². The minimum atomic E-state index is -4.94. The lowest BCUT2D eigenvalue weighted by Gasteiger charge is -2.14. The highest BCUT2D eigenvalue weighted by Gasteiger charge is 2.35. The summed E-state index contributed by atoms with van der Waals surface area (Å²) in [5.41, 5.74) is -1.96. The standard InChI is InChI=1S/C10H7F4NO3/c11-7-2-1-5(3-6(7)10(12,13)14)8(9(17)18)15-4-16/h1-4,8H,(H,15,16)(H,17,18). The Bertz CT molecular complexity index is 473. The Kier molecular flexibility index (Phi) is 3.89. The zero-order chi connectivity index (χ0) is 13.9. The molecule has 0 saturated heterocycles. The van der Waals surface area contributed by atoms with Crippen molar-refractivity contribution in [2.75, 3.05) is 0 Å². The second-order valence-corrected chi connectivity index (χ2v) is 3.29. The number of carboxylic acid groups (broad SMARTS) is 1. The Hall–Kier alpha value is -2.12. The summed E-state index contributed by atoms with van der Waals surface area (Å²) in [5.74, 6) is -3.07. The summed E-state index contributed by atoms with van der Waals surface area (Å²) in [7, 11) is 0.